The molecule has 0 radical (unpaired) electrons. The second-order valence-electron chi connectivity index (χ2n) is 9.31. The lowest BCUT2D eigenvalue weighted by atomic mass is 10.3. The maximum atomic E-state index is 14.0. The Kier molecular flexibility index (Phi) is 6.97. The van der Waals surface area contributed by atoms with Crippen LogP contribution in [0, 0.1) is 0 Å². The van der Waals surface area contributed by atoms with Gasteiger partial charge in [-0.25, -0.2) is 13.8 Å². The number of carbonyl (C=O) groups excluding carboxylic acids is 1. The molecule has 2 aliphatic heterocycles. The first-order valence-electron chi connectivity index (χ1n) is 12.1. The van der Waals surface area contributed by atoms with Crippen molar-refractivity contribution in [3.63, 3.8) is 0 Å². The van der Waals surface area contributed by atoms with Crippen molar-refractivity contribution in [2.75, 3.05) is 70.2 Å². The van der Waals surface area contributed by atoms with Crippen LogP contribution in [-0.2, 0) is 9.53 Å². The van der Waals surface area contributed by atoms with Gasteiger partial charge in [0.05, 0.1) is 30.8 Å². The largest absolute Gasteiger partial charge is 0.378 e. The molecule has 0 spiro atoms. The fourth-order valence-corrected chi connectivity index (χ4v) is 4.65. The predicted molar refractivity (Wildman–Crippen MR) is 132 cm³/mol. The van der Waals surface area contributed by atoms with Gasteiger partial charge in [-0.15, -0.1) is 0 Å². The number of likely N-dealkylation sites (tertiary alicyclic amines) is 1. The zero-order valence-corrected chi connectivity index (χ0v) is 20.4. The van der Waals surface area contributed by atoms with Crippen molar-refractivity contribution in [3.8, 4) is 5.82 Å². The molecular formula is C24H30F2N8O2. The molecule has 2 aromatic heterocycles. The third-order valence-corrected chi connectivity index (χ3v) is 6.37. The van der Waals surface area contributed by atoms with Crippen molar-refractivity contribution in [2.45, 2.75) is 18.9 Å². The summed E-state index contributed by atoms with van der Waals surface area (Å²) < 4.78 is 34.9. The number of imidazole rings is 1. The summed E-state index contributed by atoms with van der Waals surface area (Å²) >= 11 is 0. The minimum atomic E-state index is -2.78. The van der Waals surface area contributed by atoms with E-state index < -0.39 is 6.43 Å². The van der Waals surface area contributed by atoms with Gasteiger partial charge in [-0.1, -0.05) is 12.1 Å². The molecule has 3 aromatic rings. The number of hydrogen-bond donors (Lipinski definition) is 1. The van der Waals surface area contributed by atoms with Gasteiger partial charge in [0, 0.05) is 38.3 Å². The number of halogens is 2. The van der Waals surface area contributed by atoms with Crippen LogP contribution < -0.4 is 10.2 Å². The van der Waals surface area contributed by atoms with Crippen molar-refractivity contribution in [1.82, 2.24) is 29.3 Å². The van der Waals surface area contributed by atoms with Crippen LogP contribution in [0.3, 0.4) is 0 Å². The summed E-state index contributed by atoms with van der Waals surface area (Å²) in [5, 5.41) is 3.35. The van der Waals surface area contributed by atoms with E-state index in [4.69, 9.17) is 9.72 Å². The quantitative estimate of drug-likeness (QED) is 0.528. The van der Waals surface area contributed by atoms with Gasteiger partial charge in [0.2, 0.25) is 11.9 Å². The van der Waals surface area contributed by atoms with Crippen LogP contribution in [0.2, 0.25) is 0 Å². The lowest BCUT2D eigenvalue weighted by Gasteiger charge is -2.28. The minimum absolute atomic E-state index is 0.0435. The third kappa shape index (κ3) is 5.09. The number of ether oxygens (including phenoxy) is 1. The topological polar surface area (TPSA) is 91.7 Å². The van der Waals surface area contributed by atoms with Crippen molar-refractivity contribution in [2.24, 2.45) is 0 Å². The molecule has 0 unspecified atom stereocenters. The van der Waals surface area contributed by atoms with Crippen LogP contribution in [0.5, 0.6) is 0 Å². The first kappa shape index (κ1) is 24.3. The highest BCUT2D eigenvalue weighted by Gasteiger charge is 2.28. The average Bonchev–Trinajstić information content (AvgIpc) is 3.49. The van der Waals surface area contributed by atoms with Crippen molar-refractivity contribution in [1.29, 1.82) is 0 Å². The van der Waals surface area contributed by atoms with Gasteiger partial charge in [0.1, 0.15) is 11.6 Å². The highest BCUT2D eigenvalue weighted by molar-refractivity contribution is 5.79. The molecule has 12 heteroatoms. The number of benzene rings is 1. The molecule has 1 aromatic carbocycles. The number of para-hydroxylation sites is 2. The normalized spacial score (nSPS) is 18.6. The predicted octanol–water partition coefficient (Wildman–Crippen LogP) is 2.16. The van der Waals surface area contributed by atoms with Crippen LogP contribution in [0.15, 0.2) is 30.3 Å². The smallest absolute Gasteiger partial charge is 0.296 e. The second kappa shape index (κ2) is 10.3. The molecule has 0 bridgehead atoms. The lowest BCUT2D eigenvalue weighted by molar-refractivity contribution is -0.130. The summed E-state index contributed by atoms with van der Waals surface area (Å²) in [7, 11) is 3.73. The zero-order chi connectivity index (χ0) is 25.2. The molecular weight excluding hydrogens is 470 g/mol. The fraction of sp³-hybridized carbons (Fsp3) is 0.500. The van der Waals surface area contributed by atoms with Crippen molar-refractivity contribution >= 4 is 28.7 Å². The van der Waals surface area contributed by atoms with Gasteiger partial charge < -0.3 is 24.8 Å². The van der Waals surface area contributed by atoms with Gasteiger partial charge in [0.15, 0.2) is 5.82 Å². The van der Waals surface area contributed by atoms with E-state index in [1.807, 2.05) is 23.9 Å². The van der Waals surface area contributed by atoms with E-state index in [1.54, 1.807) is 30.3 Å². The Bertz CT molecular complexity index is 1230. The first-order chi connectivity index (χ1) is 17.4. The molecule has 10 nitrogen and oxygen atoms in total. The summed E-state index contributed by atoms with van der Waals surface area (Å²) in [5.74, 6) is 0.979. The van der Waals surface area contributed by atoms with E-state index >= 15 is 0 Å². The number of hydrogen-bond acceptors (Lipinski definition) is 8. The fourth-order valence-electron chi connectivity index (χ4n) is 4.65. The minimum Gasteiger partial charge on any atom is -0.378 e. The number of nitrogens with one attached hydrogen (secondary N) is 1. The maximum Gasteiger partial charge on any atom is 0.296 e. The van der Waals surface area contributed by atoms with Crippen LogP contribution in [0.1, 0.15) is 18.7 Å². The molecule has 0 aliphatic carbocycles. The van der Waals surface area contributed by atoms with Crippen LogP contribution in [-0.4, -0.2) is 101 Å². The highest BCUT2D eigenvalue weighted by Crippen LogP contribution is 2.29. The molecule has 2 aliphatic rings. The van der Waals surface area contributed by atoms with E-state index in [-0.39, 0.29) is 17.8 Å². The molecule has 36 heavy (non-hydrogen) atoms. The Hall–Kier alpha value is -3.38. The summed E-state index contributed by atoms with van der Waals surface area (Å²) in [6, 6.07) is 8.69. The Balaban J connectivity index is 1.49. The Labute approximate surface area is 207 Å². The number of nitrogens with zero attached hydrogens (tertiary/aromatic N) is 7. The van der Waals surface area contributed by atoms with Gasteiger partial charge in [-0.3, -0.25) is 9.36 Å². The summed E-state index contributed by atoms with van der Waals surface area (Å²) in [5.41, 5.74) is 1.02. The van der Waals surface area contributed by atoms with Crippen molar-refractivity contribution < 1.29 is 18.3 Å². The summed E-state index contributed by atoms with van der Waals surface area (Å²) in [6.07, 6.45) is -2.03. The number of alkyl halides is 2. The van der Waals surface area contributed by atoms with Crippen LogP contribution in [0.4, 0.5) is 20.5 Å². The number of rotatable bonds is 7. The van der Waals surface area contributed by atoms with Gasteiger partial charge in [0.25, 0.3) is 6.43 Å². The van der Waals surface area contributed by atoms with Crippen LogP contribution in [0.25, 0.3) is 16.9 Å². The van der Waals surface area contributed by atoms with E-state index in [0.717, 1.165) is 6.42 Å². The van der Waals surface area contributed by atoms with Crippen molar-refractivity contribution in [3.05, 3.63) is 36.2 Å². The second-order valence-corrected chi connectivity index (χ2v) is 9.31. The van der Waals surface area contributed by atoms with E-state index in [2.05, 4.69) is 20.2 Å². The number of morpholine rings is 1. The monoisotopic (exact) mass is 500 g/mol. The molecule has 4 heterocycles. The third-order valence-electron chi connectivity index (χ3n) is 6.37. The standard InChI is InChI=1S/C24H30F2N8O2/c1-31(2)15-21(35)33-8-7-16(14-33)27-24-29-19(32-9-11-36-12-10-32)13-20(30-24)34-18-6-4-3-5-17(18)28-23(34)22(25)26/h3-6,13,16,22H,7-12,14-15H2,1-2H3,(H,27,29,30)/t16-/m1/s1. The Morgan fingerprint density at radius 3 is 2.64 bits per heavy atom. The van der Waals surface area contributed by atoms with E-state index in [1.165, 1.54) is 4.57 Å². The molecule has 5 rings (SSSR count). The highest BCUT2D eigenvalue weighted by atomic mass is 19.3. The number of carbonyl (C=O) groups is 1. The molecule has 192 valence electrons. The van der Waals surface area contributed by atoms with Crippen LogP contribution >= 0.6 is 0 Å². The first-order valence-corrected chi connectivity index (χ1v) is 12.1. The van der Waals surface area contributed by atoms with Gasteiger partial charge >= 0.3 is 0 Å². The molecule has 1 N–H and O–H groups in total. The summed E-state index contributed by atoms with van der Waals surface area (Å²) in [6.45, 7) is 3.92. The lowest BCUT2D eigenvalue weighted by Crippen LogP contribution is -2.38. The van der Waals surface area contributed by atoms with Gasteiger partial charge in [-0.2, -0.15) is 9.97 Å². The maximum absolute atomic E-state index is 14.0. The number of likely N-dealkylation sites (N-methyl/N-ethyl adjacent to an activating group) is 1. The Morgan fingerprint density at radius 1 is 1.14 bits per heavy atom. The Morgan fingerprint density at radius 2 is 1.89 bits per heavy atom. The van der Waals surface area contributed by atoms with E-state index in [0.29, 0.717) is 74.6 Å². The number of aromatic nitrogens is 4. The molecule has 2 fully saturated rings. The van der Waals surface area contributed by atoms with E-state index in [9.17, 15) is 13.6 Å². The SMILES string of the molecule is CN(C)CC(=O)N1CC[C@@H](Nc2nc(N3CCOCC3)cc(-n3c(C(F)F)nc4ccccc43)n2)C1. The zero-order valence-electron chi connectivity index (χ0n) is 20.4. The average molecular weight is 501 g/mol. The van der Waals surface area contributed by atoms with Gasteiger partial charge in [-0.05, 0) is 32.6 Å². The number of fused-ring (bicyclic) bond motifs is 1. The number of anilines is 2. The molecule has 1 amide bonds. The molecule has 0 saturated carbocycles. The summed E-state index contributed by atoms with van der Waals surface area (Å²) in [4.78, 5) is 31.7. The molecule has 1 atom stereocenters. The number of amides is 1. The molecule has 2 saturated heterocycles.